The summed E-state index contributed by atoms with van der Waals surface area (Å²) in [6.45, 7) is 0.198. The van der Waals surface area contributed by atoms with E-state index in [2.05, 4.69) is 15.7 Å². The highest BCUT2D eigenvalue weighted by atomic mass is 35.5. The molecule has 0 spiro atoms. The van der Waals surface area contributed by atoms with Crippen molar-refractivity contribution < 1.29 is 5.11 Å². The van der Waals surface area contributed by atoms with Crippen LogP contribution in [0.15, 0.2) is 30.5 Å². The molecule has 1 aromatic heterocycles. The Hall–Kier alpha value is -1.32. The number of rotatable bonds is 3. The predicted molar refractivity (Wildman–Crippen MR) is 75.5 cm³/mol. The topological polar surface area (TPSA) is 38.1 Å². The van der Waals surface area contributed by atoms with Gasteiger partial charge in [0.15, 0.2) is 0 Å². The summed E-state index contributed by atoms with van der Waals surface area (Å²) in [6.07, 6.45) is 6.07. The zero-order chi connectivity index (χ0) is 13.2. The Labute approximate surface area is 117 Å². The fourth-order valence-electron chi connectivity index (χ4n) is 2.70. The predicted octanol–water partition coefficient (Wildman–Crippen LogP) is 3.00. The van der Waals surface area contributed by atoms with Crippen molar-refractivity contribution in [3.8, 4) is 0 Å². The second-order valence-corrected chi connectivity index (χ2v) is 5.52. The Morgan fingerprint density at radius 3 is 2.84 bits per heavy atom. The maximum atomic E-state index is 9.40. The average molecular weight is 277 g/mol. The van der Waals surface area contributed by atoms with Gasteiger partial charge < -0.3 is 9.67 Å². The number of aliphatic hydroxyl groups excluding tert-OH is 1. The number of fused-ring (bicyclic) bond motifs is 1. The van der Waals surface area contributed by atoms with E-state index in [4.69, 9.17) is 11.6 Å². The van der Waals surface area contributed by atoms with E-state index in [1.165, 1.54) is 5.56 Å². The second-order valence-electron chi connectivity index (χ2n) is 5.09. The molecular formula is C15H17ClN2O. The summed E-state index contributed by atoms with van der Waals surface area (Å²) in [5.41, 5.74) is 2.28. The van der Waals surface area contributed by atoms with E-state index in [1.54, 1.807) is 0 Å². The molecule has 1 aromatic carbocycles. The zero-order valence-electron chi connectivity index (χ0n) is 10.7. The summed E-state index contributed by atoms with van der Waals surface area (Å²) in [5, 5.41) is 10.2. The molecule has 0 bridgehead atoms. The Morgan fingerprint density at radius 2 is 2.11 bits per heavy atom. The van der Waals surface area contributed by atoms with Crippen molar-refractivity contribution in [3.05, 3.63) is 52.6 Å². The summed E-state index contributed by atoms with van der Waals surface area (Å²) < 4.78 is 2.15. The molecule has 1 atom stereocenters. The van der Waals surface area contributed by atoms with Gasteiger partial charge in [-0.05, 0) is 30.5 Å². The fraction of sp³-hybridized carbons (Fsp3) is 0.400. The quantitative estimate of drug-likeness (QED) is 0.936. The lowest BCUT2D eigenvalue weighted by Gasteiger charge is -2.22. The van der Waals surface area contributed by atoms with Crippen LogP contribution in [0.25, 0.3) is 0 Å². The van der Waals surface area contributed by atoms with Crippen LogP contribution < -0.4 is 0 Å². The Bertz CT molecular complexity index is 562. The molecule has 2 aromatic rings. The van der Waals surface area contributed by atoms with Gasteiger partial charge in [-0.2, -0.15) is 0 Å². The fourth-order valence-corrected chi connectivity index (χ4v) is 2.83. The van der Waals surface area contributed by atoms with E-state index < -0.39 is 0 Å². The molecule has 4 heteroatoms. The summed E-state index contributed by atoms with van der Waals surface area (Å²) >= 11 is 5.89. The minimum Gasteiger partial charge on any atom is -0.394 e. The van der Waals surface area contributed by atoms with E-state index in [-0.39, 0.29) is 12.6 Å². The molecule has 0 saturated carbocycles. The zero-order valence-corrected chi connectivity index (χ0v) is 11.5. The molecule has 0 fully saturated rings. The van der Waals surface area contributed by atoms with Gasteiger partial charge in [0.2, 0.25) is 0 Å². The Morgan fingerprint density at radius 1 is 1.32 bits per heavy atom. The number of nitrogens with zero attached hydrogens (tertiary/aromatic N) is 2. The van der Waals surface area contributed by atoms with Crippen molar-refractivity contribution >= 4 is 11.6 Å². The van der Waals surface area contributed by atoms with E-state index in [0.717, 1.165) is 42.2 Å². The Kier molecular flexibility index (Phi) is 3.58. The highest BCUT2D eigenvalue weighted by Crippen LogP contribution is 2.25. The first-order valence-electron chi connectivity index (χ1n) is 6.68. The molecule has 1 aliphatic rings. The Balaban J connectivity index is 1.82. The second kappa shape index (κ2) is 5.35. The lowest BCUT2D eigenvalue weighted by Crippen LogP contribution is -2.20. The molecular weight excluding hydrogens is 260 g/mol. The van der Waals surface area contributed by atoms with Crippen molar-refractivity contribution in [2.75, 3.05) is 6.61 Å². The van der Waals surface area contributed by atoms with E-state index in [0.29, 0.717) is 0 Å². The van der Waals surface area contributed by atoms with Crippen molar-refractivity contribution in [3.63, 3.8) is 0 Å². The summed E-state index contributed by atoms with van der Waals surface area (Å²) in [7, 11) is 0. The van der Waals surface area contributed by atoms with Crippen LogP contribution in [-0.2, 0) is 12.8 Å². The van der Waals surface area contributed by atoms with Gasteiger partial charge in [-0.3, -0.25) is 0 Å². The smallest absolute Gasteiger partial charge is 0.109 e. The minimum absolute atomic E-state index is 0.198. The number of imidazole rings is 1. The number of halogens is 1. The van der Waals surface area contributed by atoms with Crippen LogP contribution in [0, 0.1) is 0 Å². The van der Waals surface area contributed by atoms with Gasteiger partial charge in [-0.1, -0.05) is 23.7 Å². The van der Waals surface area contributed by atoms with E-state index in [1.807, 2.05) is 24.3 Å². The van der Waals surface area contributed by atoms with Crippen LogP contribution in [0.2, 0.25) is 5.02 Å². The molecule has 0 radical (unpaired) electrons. The normalized spacial score (nSPS) is 18.3. The first kappa shape index (κ1) is 12.7. The molecule has 0 saturated heterocycles. The average Bonchev–Trinajstić information content (AvgIpc) is 2.83. The molecule has 100 valence electrons. The highest BCUT2D eigenvalue weighted by molar-refractivity contribution is 6.30. The number of benzene rings is 1. The summed E-state index contributed by atoms with van der Waals surface area (Å²) in [6, 6.07) is 8.08. The standard InChI is InChI=1S/C15H17ClN2O/c16-12-6-4-11(5-7-12)8-13-9-18-14(10-19)2-1-3-15(18)17-13/h4-7,9,14,19H,1-3,8,10H2. The van der Waals surface area contributed by atoms with E-state index >= 15 is 0 Å². The van der Waals surface area contributed by atoms with Gasteiger partial charge in [-0.25, -0.2) is 4.98 Å². The van der Waals surface area contributed by atoms with Gasteiger partial charge in [0.05, 0.1) is 18.3 Å². The number of aryl methyl sites for hydroxylation is 1. The molecule has 1 aliphatic heterocycles. The third-order valence-corrected chi connectivity index (χ3v) is 3.95. The lowest BCUT2D eigenvalue weighted by atomic mass is 10.1. The maximum absolute atomic E-state index is 9.40. The summed E-state index contributed by atoms with van der Waals surface area (Å²) in [5.74, 6) is 1.11. The van der Waals surface area contributed by atoms with Crippen LogP contribution >= 0.6 is 11.6 Å². The first-order chi connectivity index (χ1) is 9.26. The third-order valence-electron chi connectivity index (χ3n) is 3.70. The highest BCUT2D eigenvalue weighted by Gasteiger charge is 2.20. The molecule has 1 unspecified atom stereocenters. The molecule has 3 nitrogen and oxygen atoms in total. The molecule has 0 aliphatic carbocycles. The van der Waals surface area contributed by atoms with Crippen molar-refractivity contribution in [1.82, 2.24) is 9.55 Å². The van der Waals surface area contributed by atoms with Gasteiger partial charge in [0.1, 0.15) is 5.82 Å². The SMILES string of the molecule is OCC1CCCc2nc(Cc3ccc(Cl)cc3)cn21. The molecule has 1 N–H and O–H groups in total. The number of hydrogen-bond donors (Lipinski definition) is 1. The van der Waals surface area contributed by atoms with Crippen LogP contribution in [0.5, 0.6) is 0 Å². The monoisotopic (exact) mass is 276 g/mol. The van der Waals surface area contributed by atoms with E-state index in [9.17, 15) is 5.11 Å². The van der Waals surface area contributed by atoms with Crippen molar-refractivity contribution in [2.24, 2.45) is 0 Å². The van der Waals surface area contributed by atoms with Gasteiger partial charge in [0, 0.05) is 24.1 Å². The first-order valence-corrected chi connectivity index (χ1v) is 7.06. The molecule has 2 heterocycles. The number of aliphatic hydroxyl groups is 1. The number of hydrogen-bond acceptors (Lipinski definition) is 2. The lowest BCUT2D eigenvalue weighted by molar-refractivity contribution is 0.206. The van der Waals surface area contributed by atoms with Gasteiger partial charge in [0.25, 0.3) is 0 Å². The van der Waals surface area contributed by atoms with Crippen LogP contribution in [0.1, 0.15) is 36.0 Å². The maximum Gasteiger partial charge on any atom is 0.109 e. The van der Waals surface area contributed by atoms with Gasteiger partial charge in [-0.15, -0.1) is 0 Å². The van der Waals surface area contributed by atoms with Crippen LogP contribution in [0.3, 0.4) is 0 Å². The van der Waals surface area contributed by atoms with Crippen molar-refractivity contribution in [1.29, 1.82) is 0 Å². The van der Waals surface area contributed by atoms with Gasteiger partial charge >= 0.3 is 0 Å². The molecule has 3 rings (SSSR count). The number of aromatic nitrogens is 2. The third kappa shape index (κ3) is 2.67. The minimum atomic E-state index is 0.198. The molecule has 19 heavy (non-hydrogen) atoms. The van der Waals surface area contributed by atoms with Crippen LogP contribution in [-0.4, -0.2) is 21.3 Å². The largest absolute Gasteiger partial charge is 0.394 e. The van der Waals surface area contributed by atoms with Crippen LogP contribution in [0.4, 0.5) is 0 Å². The summed E-state index contributed by atoms with van der Waals surface area (Å²) in [4.78, 5) is 4.69. The van der Waals surface area contributed by atoms with Crippen molar-refractivity contribution in [2.45, 2.75) is 31.7 Å². The molecule has 0 amide bonds.